The summed E-state index contributed by atoms with van der Waals surface area (Å²) in [5, 5.41) is 6.65. The number of nitrogens with zero attached hydrogens (tertiary/aromatic N) is 2. The third-order valence-electron chi connectivity index (χ3n) is 8.33. The number of rotatable bonds is 5. The summed E-state index contributed by atoms with van der Waals surface area (Å²) in [6.07, 6.45) is 2.15. The first-order valence-corrected chi connectivity index (χ1v) is 16.3. The molecule has 0 amide bonds. The Bertz CT molecular complexity index is 1920. The van der Waals surface area contributed by atoms with Gasteiger partial charge in [0.15, 0.2) is 0 Å². The maximum atomic E-state index is 5.11. The van der Waals surface area contributed by atoms with Gasteiger partial charge in [0.2, 0.25) is 0 Å². The number of para-hydroxylation sites is 2. The molecule has 3 heteroatoms. The van der Waals surface area contributed by atoms with Gasteiger partial charge in [-0.05, 0) is 64.4 Å². The lowest BCUT2D eigenvalue weighted by molar-refractivity contribution is 1.18. The number of benzene rings is 5. The van der Waals surface area contributed by atoms with Crippen LogP contribution < -0.4 is 15.6 Å². The molecule has 0 saturated heterocycles. The molecule has 2 nitrogen and oxygen atoms in total. The number of pyridine rings is 1. The lowest BCUT2D eigenvalue weighted by Gasteiger charge is -2.30. The van der Waals surface area contributed by atoms with Crippen molar-refractivity contribution in [1.82, 2.24) is 9.55 Å². The second-order valence-electron chi connectivity index (χ2n) is 10.7. The van der Waals surface area contributed by atoms with Gasteiger partial charge >= 0.3 is 0 Å². The molecule has 0 aliphatic rings. The lowest BCUT2D eigenvalue weighted by atomic mass is 10.1. The Labute approximate surface area is 236 Å². The summed E-state index contributed by atoms with van der Waals surface area (Å²) < 4.78 is 2.35. The van der Waals surface area contributed by atoms with Crippen molar-refractivity contribution in [2.45, 2.75) is 13.5 Å². The molecule has 2 aromatic heterocycles. The van der Waals surface area contributed by atoms with Crippen molar-refractivity contribution < 1.29 is 0 Å². The third-order valence-corrected chi connectivity index (χ3v) is 12.9. The highest BCUT2D eigenvalue weighted by Gasteiger charge is 2.35. The van der Waals surface area contributed by atoms with Crippen LogP contribution >= 0.6 is 0 Å². The van der Waals surface area contributed by atoms with Crippen molar-refractivity contribution in [3.05, 3.63) is 151 Å². The van der Waals surface area contributed by atoms with Crippen molar-refractivity contribution in [1.29, 1.82) is 0 Å². The summed E-state index contributed by atoms with van der Waals surface area (Å²) in [7, 11) is -2.23. The molecule has 0 atom stereocenters. The summed E-state index contributed by atoms with van der Waals surface area (Å²) in [5.74, 6) is 0. The van der Waals surface area contributed by atoms with E-state index in [0.717, 1.165) is 11.3 Å². The SMILES string of the molecule is Cc1cc(-c2ccc3c(c2)c2ccccc2n3-c2ccccc2)ncc1[Si](C)(c1ccccc1)c1ccccc1. The van der Waals surface area contributed by atoms with Gasteiger partial charge in [-0.15, -0.1) is 0 Å². The lowest BCUT2D eigenvalue weighted by Crippen LogP contribution is -2.65. The minimum absolute atomic E-state index is 1.01. The van der Waals surface area contributed by atoms with Crippen LogP contribution in [-0.2, 0) is 0 Å². The third kappa shape index (κ3) is 3.90. The summed E-state index contributed by atoms with van der Waals surface area (Å²) in [6, 6.07) is 50.3. The van der Waals surface area contributed by atoms with E-state index in [2.05, 4.69) is 164 Å². The molecule has 5 aromatic carbocycles. The van der Waals surface area contributed by atoms with Gasteiger partial charge < -0.3 is 4.57 Å². The van der Waals surface area contributed by atoms with Crippen LogP contribution in [0.25, 0.3) is 38.8 Å². The monoisotopic (exact) mass is 530 g/mol. The second kappa shape index (κ2) is 9.78. The number of fused-ring (bicyclic) bond motifs is 3. The molecule has 192 valence electrons. The molecule has 0 unspecified atom stereocenters. The Hall–Kier alpha value is -4.73. The number of aromatic nitrogens is 2. The fraction of sp³-hybridized carbons (Fsp3) is 0.0541. The minimum atomic E-state index is -2.23. The number of aryl methyl sites for hydroxylation is 1. The molecule has 7 rings (SSSR count). The highest BCUT2D eigenvalue weighted by molar-refractivity contribution is 7.10. The van der Waals surface area contributed by atoms with Crippen LogP contribution in [0.4, 0.5) is 0 Å². The Morgan fingerprint density at radius 1 is 0.575 bits per heavy atom. The van der Waals surface area contributed by atoms with Crippen LogP contribution in [0.3, 0.4) is 0 Å². The van der Waals surface area contributed by atoms with E-state index < -0.39 is 8.07 Å². The van der Waals surface area contributed by atoms with Gasteiger partial charge in [0.05, 0.1) is 16.7 Å². The highest BCUT2D eigenvalue weighted by atomic mass is 28.3. The minimum Gasteiger partial charge on any atom is -0.309 e. The van der Waals surface area contributed by atoms with E-state index in [-0.39, 0.29) is 0 Å². The molecule has 2 heterocycles. The van der Waals surface area contributed by atoms with Crippen molar-refractivity contribution in [3.8, 4) is 16.9 Å². The largest absolute Gasteiger partial charge is 0.309 e. The van der Waals surface area contributed by atoms with Gasteiger partial charge in [-0.25, -0.2) is 0 Å². The average Bonchev–Trinajstić information content (AvgIpc) is 3.35. The fourth-order valence-corrected chi connectivity index (χ4v) is 10.1. The van der Waals surface area contributed by atoms with Gasteiger partial charge in [0.1, 0.15) is 8.07 Å². The Morgan fingerprint density at radius 3 is 1.80 bits per heavy atom. The fourth-order valence-electron chi connectivity index (χ4n) is 6.25. The molecule has 7 aromatic rings. The van der Waals surface area contributed by atoms with E-state index in [1.807, 2.05) is 0 Å². The summed E-state index contributed by atoms with van der Waals surface area (Å²) in [4.78, 5) is 5.11. The summed E-state index contributed by atoms with van der Waals surface area (Å²) >= 11 is 0. The molecule has 0 radical (unpaired) electrons. The normalized spacial score (nSPS) is 11.8. The van der Waals surface area contributed by atoms with Crippen LogP contribution in [0.1, 0.15) is 5.56 Å². The maximum Gasteiger partial charge on any atom is 0.147 e. The Morgan fingerprint density at radius 2 is 1.15 bits per heavy atom. The molecule has 0 aliphatic carbocycles. The van der Waals surface area contributed by atoms with Crippen molar-refractivity contribution >= 4 is 45.4 Å². The predicted molar refractivity (Wildman–Crippen MR) is 172 cm³/mol. The van der Waals surface area contributed by atoms with Gasteiger partial charge in [0, 0.05) is 28.2 Å². The molecule has 0 fully saturated rings. The zero-order chi connectivity index (χ0) is 27.1. The zero-order valence-corrected chi connectivity index (χ0v) is 23.8. The number of hydrogen-bond donors (Lipinski definition) is 0. The molecule has 0 aliphatic heterocycles. The maximum absolute atomic E-state index is 5.11. The van der Waals surface area contributed by atoms with Crippen LogP contribution in [0, 0.1) is 6.92 Å². The first kappa shape index (κ1) is 24.3. The first-order valence-electron chi connectivity index (χ1n) is 13.8. The Kier molecular flexibility index (Phi) is 5.95. The molecule has 0 spiro atoms. The molecule has 0 saturated carbocycles. The van der Waals surface area contributed by atoms with Crippen LogP contribution in [-0.4, -0.2) is 17.6 Å². The summed E-state index contributed by atoms with van der Waals surface area (Å²) in [6.45, 7) is 4.70. The smallest absolute Gasteiger partial charge is 0.147 e. The van der Waals surface area contributed by atoms with Gasteiger partial charge in [-0.2, -0.15) is 0 Å². The van der Waals surface area contributed by atoms with E-state index in [0.29, 0.717) is 0 Å². The summed E-state index contributed by atoms with van der Waals surface area (Å²) in [5.41, 5.74) is 7.04. The number of hydrogen-bond acceptors (Lipinski definition) is 1. The van der Waals surface area contributed by atoms with E-state index in [1.54, 1.807) is 0 Å². The zero-order valence-electron chi connectivity index (χ0n) is 22.8. The topological polar surface area (TPSA) is 17.8 Å². The van der Waals surface area contributed by atoms with E-state index in [1.165, 1.54) is 48.6 Å². The van der Waals surface area contributed by atoms with Crippen LogP contribution in [0.15, 0.2) is 146 Å². The van der Waals surface area contributed by atoms with Crippen LogP contribution in [0.2, 0.25) is 6.55 Å². The van der Waals surface area contributed by atoms with E-state index >= 15 is 0 Å². The quantitative estimate of drug-likeness (QED) is 0.214. The van der Waals surface area contributed by atoms with Gasteiger partial charge in [-0.3, -0.25) is 4.98 Å². The van der Waals surface area contributed by atoms with Gasteiger partial charge in [0.25, 0.3) is 0 Å². The predicted octanol–water partition coefficient (Wildman–Crippen LogP) is 7.25. The molecule has 0 N–H and O–H groups in total. The highest BCUT2D eigenvalue weighted by Crippen LogP contribution is 2.34. The average molecular weight is 531 g/mol. The van der Waals surface area contributed by atoms with Crippen molar-refractivity contribution in [3.63, 3.8) is 0 Å². The van der Waals surface area contributed by atoms with E-state index in [9.17, 15) is 0 Å². The molecule has 40 heavy (non-hydrogen) atoms. The van der Waals surface area contributed by atoms with Crippen LogP contribution in [0.5, 0.6) is 0 Å². The first-order chi connectivity index (χ1) is 19.6. The molecular weight excluding hydrogens is 501 g/mol. The molecule has 0 bridgehead atoms. The van der Waals surface area contributed by atoms with Crippen molar-refractivity contribution in [2.24, 2.45) is 0 Å². The second-order valence-corrected chi connectivity index (χ2v) is 14.6. The van der Waals surface area contributed by atoms with Crippen molar-refractivity contribution in [2.75, 3.05) is 0 Å². The van der Waals surface area contributed by atoms with Gasteiger partial charge in [-0.1, -0.05) is 110 Å². The standard InChI is InChI=1S/C37H30N2Si/c1-27-24-34(38-26-37(27)40(2,30-16-8-4-9-17-30)31-18-10-5-11-19-31)28-22-23-36-33(25-28)32-20-12-13-21-35(32)39(36)29-14-6-3-7-15-29/h3-26H,1-2H3. The Balaban J connectivity index is 1.37. The molecular formula is C37H30N2Si. The van der Waals surface area contributed by atoms with E-state index in [4.69, 9.17) is 4.98 Å².